The largest absolute Gasteiger partial charge is 0.270 e. The zero-order valence-electron chi connectivity index (χ0n) is 9.07. The lowest BCUT2D eigenvalue weighted by atomic mass is 9.92. The van der Waals surface area contributed by atoms with E-state index in [1.807, 2.05) is 26.8 Å². The molecule has 1 aromatic rings. The first-order valence-corrected chi connectivity index (χ1v) is 4.81. The van der Waals surface area contributed by atoms with Crippen LogP contribution >= 0.6 is 0 Å². The normalized spacial score (nSPS) is 12.2. The fourth-order valence-electron chi connectivity index (χ4n) is 1.55. The molecular formula is C12H16F2. The number of benzene rings is 1. The summed E-state index contributed by atoms with van der Waals surface area (Å²) in [5.41, 5.74) is 1.78. The predicted octanol–water partition coefficient (Wildman–Crippen LogP) is 4.23. The van der Waals surface area contributed by atoms with Crippen LogP contribution in [-0.4, -0.2) is 0 Å². The summed E-state index contributed by atoms with van der Waals surface area (Å²) in [6.07, 6.45) is 0. The van der Waals surface area contributed by atoms with Crippen LogP contribution in [0.2, 0.25) is 0 Å². The second-order valence-corrected chi connectivity index (χ2v) is 4.13. The van der Waals surface area contributed by atoms with Crippen LogP contribution in [0.3, 0.4) is 0 Å². The van der Waals surface area contributed by atoms with Gasteiger partial charge in [0, 0.05) is 12.5 Å². The van der Waals surface area contributed by atoms with Gasteiger partial charge in [0.05, 0.1) is 0 Å². The van der Waals surface area contributed by atoms with E-state index in [2.05, 4.69) is 0 Å². The van der Waals surface area contributed by atoms with E-state index in [0.29, 0.717) is 0 Å². The van der Waals surface area contributed by atoms with Gasteiger partial charge in [-0.3, -0.25) is 0 Å². The molecule has 0 atom stereocenters. The van der Waals surface area contributed by atoms with Crippen LogP contribution in [0.25, 0.3) is 0 Å². The molecule has 0 fully saturated rings. The number of aryl methyl sites for hydroxylation is 1. The Bertz CT molecular complexity index is 322. The van der Waals surface area contributed by atoms with Gasteiger partial charge in [0.2, 0.25) is 0 Å². The van der Waals surface area contributed by atoms with Gasteiger partial charge in [0.25, 0.3) is 5.92 Å². The van der Waals surface area contributed by atoms with Crippen molar-refractivity contribution in [3.8, 4) is 0 Å². The van der Waals surface area contributed by atoms with Crippen molar-refractivity contribution in [1.82, 2.24) is 0 Å². The minimum atomic E-state index is -2.74. The van der Waals surface area contributed by atoms with Gasteiger partial charge in [-0.2, -0.15) is 0 Å². The van der Waals surface area contributed by atoms with Crippen LogP contribution in [0.15, 0.2) is 18.2 Å². The molecule has 0 aliphatic heterocycles. The number of halogens is 2. The highest BCUT2D eigenvalue weighted by molar-refractivity contribution is 5.36. The Balaban J connectivity index is 3.30. The average molecular weight is 198 g/mol. The van der Waals surface area contributed by atoms with Gasteiger partial charge in [-0.05, 0) is 24.5 Å². The van der Waals surface area contributed by atoms with Gasteiger partial charge < -0.3 is 0 Å². The first kappa shape index (κ1) is 11.2. The van der Waals surface area contributed by atoms with Crippen LogP contribution < -0.4 is 0 Å². The summed E-state index contributed by atoms with van der Waals surface area (Å²) in [4.78, 5) is 0. The van der Waals surface area contributed by atoms with Gasteiger partial charge in [0.1, 0.15) is 0 Å². The third-order valence-corrected chi connectivity index (χ3v) is 2.30. The highest BCUT2D eigenvalue weighted by Gasteiger charge is 2.28. The smallest absolute Gasteiger partial charge is 0.202 e. The molecule has 14 heavy (non-hydrogen) atoms. The lowest BCUT2D eigenvalue weighted by molar-refractivity contribution is 0.0162. The van der Waals surface area contributed by atoms with E-state index in [-0.39, 0.29) is 11.5 Å². The summed E-state index contributed by atoms with van der Waals surface area (Å²) in [7, 11) is 0. The van der Waals surface area contributed by atoms with Crippen molar-refractivity contribution in [2.45, 2.75) is 39.5 Å². The molecule has 0 N–H and O–H groups in total. The summed E-state index contributed by atoms with van der Waals surface area (Å²) >= 11 is 0. The number of hydrogen-bond donors (Lipinski definition) is 0. The van der Waals surface area contributed by atoms with Gasteiger partial charge in [-0.15, -0.1) is 0 Å². The van der Waals surface area contributed by atoms with Gasteiger partial charge in [0.15, 0.2) is 0 Å². The molecule has 0 saturated heterocycles. The van der Waals surface area contributed by atoms with Crippen molar-refractivity contribution in [2.75, 3.05) is 0 Å². The molecule has 0 amide bonds. The van der Waals surface area contributed by atoms with Gasteiger partial charge in [-0.1, -0.05) is 31.5 Å². The van der Waals surface area contributed by atoms with Crippen molar-refractivity contribution in [3.63, 3.8) is 0 Å². The van der Waals surface area contributed by atoms with E-state index in [1.165, 1.54) is 0 Å². The van der Waals surface area contributed by atoms with Crippen LogP contribution in [-0.2, 0) is 5.92 Å². The Morgan fingerprint density at radius 2 is 1.79 bits per heavy atom. The van der Waals surface area contributed by atoms with Crippen molar-refractivity contribution in [2.24, 2.45) is 0 Å². The highest BCUT2D eigenvalue weighted by atomic mass is 19.3. The maximum Gasteiger partial charge on any atom is 0.270 e. The summed E-state index contributed by atoms with van der Waals surface area (Å²) in [5.74, 6) is -2.61. The Morgan fingerprint density at radius 1 is 1.21 bits per heavy atom. The molecule has 0 unspecified atom stereocenters. The van der Waals surface area contributed by atoms with E-state index in [1.54, 1.807) is 12.1 Å². The van der Waals surface area contributed by atoms with Crippen LogP contribution in [0, 0.1) is 6.92 Å². The Hall–Kier alpha value is -0.920. The lowest BCUT2D eigenvalue weighted by Gasteiger charge is -2.18. The van der Waals surface area contributed by atoms with Crippen LogP contribution in [0.5, 0.6) is 0 Å². The monoisotopic (exact) mass is 198 g/mol. The third kappa shape index (κ3) is 2.31. The molecule has 2 heteroatoms. The summed E-state index contributed by atoms with van der Waals surface area (Å²) in [5, 5.41) is 0. The minimum absolute atomic E-state index is 0.136. The first-order chi connectivity index (χ1) is 6.32. The van der Waals surface area contributed by atoms with Crippen molar-refractivity contribution in [3.05, 3.63) is 34.9 Å². The maximum atomic E-state index is 13.3. The van der Waals surface area contributed by atoms with Crippen LogP contribution in [0.1, 0.15) is 43.4 Å². The minimum Gasteiger partial charge on any atom is -0.202 e. The summed E-state index contributed by atoms with van der Waals surface area (Å²) < 4.78 is 26.5. The van der Waals surface area contributed by atoms with Crippen LogP contribution in [0.4, 0.5) is 8.78 Å². The second-order valence-electron chi connectivity index (χ2n) is 4.13. The van der Waals surface area contributed by atoms with Crippen molar-refractivity contribution in [1.29, 1.82) is 0 Å². The molecule has 0 saturated carbocycles. The van der Waals surface area contributed by atoms with E-state index in [0.717, 1.165) is 18.1 Å². The molecule has 0 bridgehead atoms. The van der Waals surface area contributed by atoms with Gasteiger partial charge in [-0.25, -0.2) is 8.78 Å². The Kier molecular flexibility index (Phi) is 2.93. The summed E-state index contributed by atoms with van der Waals surface area (Å²) in [6, 6.07) is 5.26. The maximum absolute atomic E-state index is 13.3. The average Bonchev–Trinajstić information content (AvgIpc) is 2.01. The van der Waals surface area contributed by atoms with Crippen molar-refractivity contribution < 1.29 is 8.78 Å². The quantitative estimate of drug-likeness (QED) is 0.667. The zero-order valence-corrected chi connectivity index (χ0v) is 9.07. The molecule has 0 aromatic heterocycles. The van der Waals surface area contributed by atoms with E-state index >= 15 is 0 Å². The molecule has 0 aliphatic rings. The Morgan fingerprint density at radius 3 is 2.21 bits per heavy atom. The SMILES string of the molecule is Cc1ccc(C(C)C)c(C(C)(F)F)c1. The van der Waals surface area contributed by atoms with E-state index in [4.69, 9.17) is 0 Å². The first-order valence-electron chi connectivity index (χ1n) is 4.81. The molecule has 0 radical (unpaired) electrons. The standard InChI is InChI=1S/C12H16F2/c1-8(2)10-6-5-9(3)7-11(10)12(4,13)14/h5-8H,1-4H3. The fourth-order valence-corrected chi connectivity index (χ4v) is 1.55. The number of rotatable bonds is 2. The Labute approximate surface area is 84.0 Å². The zero-order chi connectivity index (χ0) is 10.9. The molecule has 78 valence electrons. The van der Waals surface area contributed by atoms with Crippen molar-refractivity contribution >= 4 is 0 Å². The molecular weight excluding hydrogens is 182 g/mol. The molecule has 0 nitrogen and oxygen atoms in total. The summed E-state index contributed by atoms with van der Waals surface area (Å²) in [6.45, 7) is 6.65. The van der Waals surface area contributed by atoms with E-state index in [9.17, 15) is 8.78 Å². The number of alkyl halides is 2. The predicted molar refractivity (Wildman–Crippen MR) is 54.8 cm³/mol. The van der Waals surface area contributed by atoms with E-state index < -0.39 is 5.92 Å². The molecule has 1 aromatic carbocycles. The van der Waals surface area contributed by atoms with Gasteiger partial charge >= 0.3 is 0 Å². The molecule has 0 heterocycles. The molecule has 1 rings (SSSR count). The highest BCUT2D eigenvalue weighted by Crippen LogP contribution is 2.33. The second kappa shape index (κ2) is 3.68. The fraction of sp³-hybridized carbons (Fsp3) is 0.500. The number of hydrogen-bond acceptors (Lipinski definition) is 0. The topological polar surface area (TPSA) is 0 Å². The molecule has 0 aliphatic carbocycles. The third-order valence-electron chi connectivity index (χ3n) is 2.30. The lowest BCUT2D eigenvalue weighted by Crippen LogP contribution is -2.11. The molecule has 0 spiro atoms.